The first kappa shape index (κ1) is 68.2. The summed E-state index contributed by atoms with van der Waals surface area (Å²) in [6.45, 7) is 4.43. The SMILES string of the molecule is CN(C(=O)Cn1ccc2cc(C(=O)O)ccc21)c1ccccc1.O=C(O)c1ccc2c(ccn2CC(=O)N2CCCC2)c1.O=C(O)c1ccc2c(ccn2Cc2cccnc2)c1.O=C(O)c1ccc2c(ccn2Cc2ccncc2)c1.O=C(O)c1ccc2c(ccn2Cc2ccncc2)c1. The molecule has 8 aromatic heterocycles. The summed E-state index contributed by atoms with van der Waals surface area (Å²) in [4.78, 5) is 94.9. The van der Waals surface area contributed by atoms with Gasteiger partial charge in [-0.2, -0.15) is 0 Å². The van der Waals surface area contributed by atoms with Crippen LogP contribution >= 0.6 is 0 Å². The van der Waals surface area contributed by atoms with Gasteiger partial charge in [0.25, 0.3) is 0 Å². The largest absolute Gasteiger partial charge is 0.478 e. The van der Waals surface area contributed by atoms with Crippen LogP contribution in [0, 0.1) is 0 Å². The number of hydrogen-bond acceptors (Lipinski definition) is 10. The number of fused-ring (bicyclic) bond motifs is 5. The van der Waals surface area contributed by atoms with E-state index in [0.717, 1.165) is 122 Å². The molecule has 15 rings (SSSR count). The van der Waals surface area contributed by atoms with Gasteiger partial charge < -0.3 is 58.2 Å². The highest BCUT2D eigenvalue weighted by atomic mass is 16.4. The van der Waals surface area contributed by atoms with E-state index in [1.54, 1.807) is 122 Å². The van der Waals surface area contributed by atoms with E-state index in [1.807, 2.05) is 160 Å². The monoisotopic (exact) mass is 1340 g/mol. The lowest BCUT2D eigenvalue weighted by molar-refractivity contribution is -0.130. The molecule has 100 heavy (non-hydrogen) atoms. The molecule has 14 aromatic rings. The number of para-hydroxylation sites is 1. The molecule has 0 unspecified atom stereocenters. The van der Waals surface area contributed by atoms with Gasteiger partial charge in [-0.05, 0) is 193 Å². The number of likely N-dealkylation sites (tertiary alicyclic amines) is 1. The van der Waals surface area contributed by atoms with Gasteiger partial charge in [-0.25, -0.2) is 24.0 Å². The maximum Gasteiger partial charge on any atom is 0.335 e. The van der Waals surface area contributed by atoms with Gasteiger partial charge in [0.2, 0.25) is 11.8 Å². The highest BCUT2D eigenvalue weighted by molar-refractivity contribution is 5.98. The van der Waals surface area contributed by atoms with Gasteiger partial charge in [0.1, 0.15) is 13.1 Å². The molecule has 0 saturated carbocycles. The number of amides is 2. The number of aromatic carboxylic acids is 5. The van der Waals surface area contributed by atoms with Crippen LogP contribution in [0.15, 0.2) is 256 Å². The second-order valence-electron chi connectivity index (χ2n) is 23.6. The molecule has 0 radical (unpaired) electrons. The number of carboxylic acid groups (broad SMARTS) is 5. The van der Waals surface area contributed by atoms with E-state index >= 15 is 0 Å². The van der Waals surface area contributed by atoms with Gasteiger partial charge in [-0.3, -0.25) is 24.5 Å². The predicted molar refractivity (Wildman–Crippen MR) is 380 cm³/mol. The minimum Gasteiger partial charge on any atom is -0.478 e. The molecule has 1 aliphatic rings. The highest BCUT2D eigenvalue weighted by Crippen LogP contribution is 2.25. The van der Waals surface area contributed by atoms with E-state index in [1.165, 1.54) is 0 Å². The van der Waals surface area contributed by atoms with Crippen LogP contribution in [0.2, 0.25) is 0 Å². The Labute approximate surface area is 572 Å². The number of anilines is 1. The van der Waals surface area contributed by atoms with Crippen molar-refractivity contribution in [2.24, 2.45) is 0 Å². The number of carbonyl (C=O) groups excluding carboxylic acids is 2. The van der Waals surface area contributed by atoms with Crippen molar-refractivity contribution in [3.05, 3.63) is 301 Å². The molecule has 22 nitrogen and oxygen atoms in total. The third kappa shape index (κ3) is 16.9. The summed E-state index contributed by atoms with van der Waals surface area (Å²) in [5.74, 6) is -4.51. The van der Waals surface area contributed by atoms with Gasteiger partial charge in [-0.1, -0.05) is 24.3 Å². The van der Waals surface area contributed by atoms with E-state index in [-0.39, 0.29) is 29.5 Å². The molecule has 6 aromatic carbocycles. The Morgan fingerprint density at radius 1 is 0.360 bits per heavy atom. The number of nitrogens with zero attached hydrogens (tertiary/aromatic N) is 10. The summed E-state index contributed by atoms with van der Waals surface area (Å²) in [5.41, 5.74) is 10.5. The third-order valence-electron chi connectivity index (χ3n) is 17.0. The lowest BCUT2D eigenvalue weighted by atomic mass is 10.1. The van der Waals surface area contributed by atoms with Crippen molar-refractivity contribution in [1.82, 2.24) is 42.7 Å². The first-order chi connectivity index (χ1) is 48.4. The van der Waals surface area contributed by atoms with Crippen LogP contribution in [0.5, 0.6) is 0 Å². The van der Waals surface area contributed by atoms with Crippen LogP contribution < -0.4 is 4.90 Å². The minimum absolute atomic E-state index is 0.0454. The third-order valence-corrected chi connectivity index (χ3v) is 17.0. The topological polar surface area (TPSA) is 290 Å². The maximum absolute atomic E-state index is 12.4. The number of carboxylic acids is 5. The minimum atomic E-state index is -0.959. The molecule has 0 bridgehead atoms. The molecular formula is C78H68N10O12. The van der Waals surface area contributed by atoms with Crippen LogP contribution in [0.25, 0.3) is 54.5 Å². The Bertz CT molecular complexity index is 4940. The number of aromatic nitrogens is 8. The zero-order valence-electron chi connectivity index (χ0n) is 54.2. The number of benzene rings is 6. The van der Waals surface area contributed by atoms with Gasteiger partial charge in [0.15, 0.2) is 0 Å². The number of likely N-dealkylation sites (N-methyl/N-ethyl adjacent to an activating group) is 1. The number of carbonyl (C=O) groups is 7. The van der Waals surface area contributed by atoms with Gasteiger partial charge in [-0.15, -0.1) is 0 Å². The van der Waals surface area contributed by atoms with Crippen LogP contribution in [-0.2, 0) is 42.3 Å². The second-order valence-corrected chi connectivity index (χ2v) is 23.6. The van der Waals surface area contributed by atoms with E-state index in [4.69, 9.17) is 25.5 Å². The van der Waals surface area contributed by atoms with Gasteiger partial charge in [0.05, 0.1) is 27.8 Å². The van der Waals surface area contributed by atoms with Gasteiger partial charge in [0, 0.05) is 168 Å². The number of pyridine rings is 3. The Morgan fingerprint density at radius 3 is 1.05 bits per heavy atom. The standard InChI is InChI=1S/C18H16N2O3.C15H16N2O3.3C15H12N2O2/c1-19(15-5-3-2-4-6-15)17(21)12-20-10-9-13-11-14(18(22)23)7-8-16(13)20;18-14(16-6-1-2-7-16)10-17-8-5-11-9-12(15(19)20)3-4-13(11)17;2*18-15(19)13-1-2-14-12(9-13)5-8-17(14)10-11-3-6-16-7-4-11;18-15(19)13-3-4-14-12(8-13)5-7-17(14)10-11-2-1-6-16-9-11/h2-11H,12H2,1H3,(H,22,23);3-5,8-9H,1-2,6-7,10H2,(H,19,20);3*1-9H,10H2,(H,18,19). The molecule has 0 spiro atoms. The van der Waals surface area contributed by atoms with E-state index in [9.17, 15) is 33.6 Å². The predicted octanol–water partition coefficient (Wildman–Crippen LogP) is 13.3. The van der Waals surface area contributed by atoms with Crippen molar-refractivity contribution in [3.8, 4) is 0 Å². The molecule has 1 aliphatic heterocycles. The smallest absolute Gasteiger partial charge is 0.335 e. The molecule has 2 amide bonds. The highest BCUT2D eigenvalue weighted by Gasteiger charge is 2.20. The van der Waals surface area contributed by atoms with Crippen LogP contribution in [0.4, 0.5) is 5.69 Å². The van der Waals surface area contributed by atoms with Crippen LogP contribution in [0.3, 0.4) is 0 Å². The normalized spacial score (nSPS) is 11.6. The van der Waals surface area contributed by atoms with Gasteiger partial charge >= 0.3 is 29.8 Å². The van der Waals surface area contributed by atoms with E-state index < -0.39 is 29.8 Å². The molecule has 5 N–H and O–H groups in total. The Hall–Kier alpha value is -13.2. The zero-order chi connectivity index (χ0) is 70.2. The number of hydrogen-bond donors (Lipinski definition) is 5. The van der Waals surface area contributed by atoms with Crippen molar-refractivity contribution in [2.45, 2.75) is 45.6 Å². The maximum atomic E-state index is 12.4. The Morgan fingerprint density at radius 2 is 0.700 bits per heavy atom. The zero-order valence-corrected chi connectivity index (χ0v) is 54.2. The molecule has 1 fully saturated rings. The Kier molecular flexibility index (Phi) is 21.5. The second kappa shape index (κ2) is 31.5. The Balaban J connectivity index is 0.000000126. The summed E-state index contributed by atoms with van der Waals surface area (Å²) in [5, 5.41) is 49.4. The average molecular weight is 1340 g/mol. The number of rotatable bonds is 16. The molecule has 22 heteroatoms. The fourth-order valence-electron chi connectivity index (χ4n) is 11.7. The van der Waals surface area contributed by atoms with Crippen molar-refractivity contribution in [2.75, 3.05) is 25.0 Å². The lowest BCUT2D eigenvalue weighted by Gasteiger charge is -2.18. The first-order valence-corrected chi connectivity index (χ1v) is 31.8. The summed E-state index contributed by atoms with van der Waals surface area (Å²) in [7, 11) is 1.74. The van der Waals surface area contributed by atoms with Crippen molar-refractivity contribution in [1.29, 1.82) is 0 Å². The van der Waals surface area contributed by atoms with Crippen molar-refractivity contribution in [3.63, 3.8) is 0 Å². The summed E-state index contributed by atoms with van der Waals surface area (Å²) < 4.78 is 9.97. The van der Waals surface area contributed by atoms with Crippen molar-refractivity contribution >= 4 is 102 Å². The first-order valence-electron chi connectivity index (χ1n) is 31.8. The van der Waals surface area contributed by atoms with Crippen LogP contribution in [0.1, 0.15) is 81.3 Å². The quantitative estimate of drug-likeness (QED) is 0.0601. The molecule has 502 valence electrons. The molecule has 9 heterocycles. The fourth-order valence-corrected chi connectivity index (χ4v) is 11.7. The summed E-state index contributed by atoms with van der Waals surface area (Å²) in [6, 6.07) is 56.1. The van der Waals surface area contributed by atoms with Crippen LogP contribution in [-0.4, -0.2) is 130 Å². The fraction of sp³-hybridized carbons (Fsp3) is 0.128. The van der Waals surface area contributed by atoms with E-state index in [0.29, 0.717) is 23.2 Å². The summed E-state index contributed by atoms with van der Waals surface area (Å²) >= 11 is 0. The molecule has 1 saturated heterocycles. The molecular weight excluding hydrogens is 1270 g/mol. The van der Waals surface area contributed by atoms with E-state index in [2.05, 4.69) is 28.7 Å². The molecule has 0 aliphatic carbocycles. The lowest BCUT2D eigenvalue weighted by Crippen LogP contribution is -2.30. The van der Waals surface area contributed by atoms with Crippen molar-refractivity contribution < 1.29 is 59.1 Å². The summed E-state index contributed by atoms with van der Waals surface area (Å²) in [6.07, 6.45) is 22.3. The average Bonchev–Trinajstić information content (AvgIpc) is 1.70. The molecule has 0 atom stereocenters.